The highest BCUT2D eigenvalue weighted by molar-refractivity contribution is 6.31. The van der Waals surface area contributed by atoms with Crippen LogP contribution in [-0.2, 0) is 0 Å². The summed E-state index contributed by atoms with van der Waals surface area (Å²) >= 11 is 5.82. The summed E-state index contributed by atoms with van der Waals surface area (Å²) in [6, 6.07) is 6.92. The summed E-state index contributed by atoms with van der Waals surface area (Å²) in [5.74, 6) is -0.202. The van der Waals surface area contributed by atoms with Crippen molar-refractivity contribution in [2.75, 3.05) is 17.3 Å². The van der Waals surface area contributed by atoms with Gasteiger partial charge in [-0.3, -0.25) is 9.69 Å². The molecular formula is C18H16ClFN4O3. The highest BCUT2D eigenvalue weighted by Crippen LogP contribution is 2.24. The lowest BCUT2D eigenvalue weighted by atomic mass is 10.1. The summed E-state index contributed by atoms with van der Waals surface area (Å²) in [6.07, 6.45) is 0.368. The number of fused-ring (bicyclic) bond motifs is 1. The molecule has 1 amide bonds. The van der Waals surface area contributed by atoms with Crippen LogP contribution >= 0.6 is 11.6 Å². The molecule has 3 aromatic rings. The predicted octanol–water partition coefficient (Wildman–Crippen LogP) is 4.00. The van der Waals surface area contributed by atoms with Crippen LogP contribution in [0, 0.1) is 5.82 Å². The van der Waals surface area contributed by atoms with Crippen LogP contribution in [0.5, 0.6) is 0 Å². The summed E-state index contributed by atoms with van der Waals surface area (Å²) in [6.45, 7) is 1.76. The highest BCUT2D eigenvalue weighted by Gasteiger charge is 2.15. The fourth-order valence-corrected chi connectivity index (χ4v) is 2.83. The Hall–Kier alpha value is -3.13. The van der Waals surface area contributed by atoms with Crippen LogP contribution in [0.25, 0.3) is 10.9 Å². The number of pyridine rings is 2. The lowest BCUT2D eigenvalue weighted by Gasteiger charge is -2.17. The topological polar surface area (TPSA) is 98.3 Å². The van der Waals surface area contributed by atoms with Gasteiger partial charge in [-0.2, -0.15) is 0 Å². The van der Waals surface area contributed by atoms with Crippen molar-refractivity contribution in [2.24, 2.45) is 0 Å². The third-order valence-electron chi connectivity index (χ3n) is 4.16. The number of aromatic nitrogens is 2. The summed E-state index contributed by atoms with van der Waals surface area (Å²) in [7, 11) is 1.42. The van der Waals surface area contributed by atoms with E-state index < -0.39 is 18.0 Å². The zero-order valence-corrected chi connectivity index (χ0v) is 15.2. The largest absolute Gasteiger partial charge is 0.465 e. The van der Waals surface area contributed by atoms with E-state index in [0.717, 1.165) is 4.90 Å². The minimum Gasteiger partial charge on any atom is -0.465 e. The van der Waals surface area contributed by atoms with Gasteiger partial charge in [0.2, 0.25) is 0 Å². The second-order valence-electron chi connectivity index (χ2n) is 6.01. The van der Waals surface area contributed by atoms with Crippen molar-refractivity contribution in [3.05, 3.63) is 63.3 Å². The number of amides is 1. The van der Waals surface area contributed by atoms with Crippen LogP contribution in [0.1, 0.15) is 18.5 Å². The Morgan fingerprint density at radius 3 is 2.81 bits per heavy atom. The number of aromatic amines is 1. The van der Waals surface area contributed by atoms with Gasteiger partial charge in [0.05, 0.1) is 22.3 Å². The summed E-state index contributed by atoms with van der Waals surface area (Å²) in [5.41, 5.74) is 0.815. The molecule has 0 spiro atoms. The van der Waals surface area contributed by atoms with E-state index in [0.29, 0.717) is 28.0 Å². The van der Waals surface area contributed by atoms with Gasteiger partial charge >= 0.3 is 6.09 Å². The SMILES string of the molecule is C[C@H](Nc1cc(N(C)C(=O)O)ccn1)c1cc2cc(Cl)c(F)cc2[nH]c1=O. The first-order chi connectivity index (χ1) is 12.8. The lowest BCUT2D eigenvalue weighted by molar-refractivity contribution is 0.203. The van der Waals surface area contributed by atoms with Crippen molar-refractivity contribution >= 4 is 40.1 Å². The Morgan fingerprint density at radius 1 is 1.37 bits per heavy atom. The lowest BCUT2D eigenvalue weighted by Crippen LogP contribution is -2.24. The maximum atomic E-state index is 13.6. The standard InChI is InChI=1S/C18H16ClFN4O3/c1-9(22-16-7-11(3-4-21-16)24(2)18(26)27)12-5-10-6-13(19)14(20)8-15(10)23-17(12)25/h3-9H,1-2H3,(H,21,22)(H,23,25)(H,26,27)/t9-/m0/s1. The number of nitrogens with zero attached hydrogens (tertiary/aromatic N) is 2. The molecule has 27 heavy (non-hydrogen) atoms. The van der Waals surface area contributed by atoms with Crippen LogP contribution in [-0.4, -0.2) is 28.2 Å². The van der Waals surface area contributed by atoms with Gasteiger partial charge in [-0.25, -0.2) is 14.2 Å². The van der Waals surface area contributed by atoms with E-state index in [1.807, 2.05) is 0 Å². The van der Waals surface area contributed by atoms with Crippen molar-refractivity contribution in [3.63, 3.8) is 0 Å². The maximum Gasteiger partial charge on any atom is 0.411 e. The number of hydrogen-bond donors (Lipinski definition) is 3. The molecule has 0 aliphatic carbocycles. The van der Waals surface area contributed by atoms with Crippen LogP contribution in [0.3, 0.4) is 0 Å². The number of hydrogen-bond acceptors (Lipinski definition) is 4. The first-order valence-corrected chi connectivity index (χ1v) is 8.35. The smallest absolute Gasteiger partial charge is 0.411 e. The minimum atomic E-state index is -1.10. The summed E-state index contributed by atoms with van der Waals surface area (Å²) < 4.78 is 13.6. The second-order valence-corrected chi connectivity index (χ2v) is 6.42. The molecule has 7 nitrogen and oxygen atoms in total. The molecule has 140 valence electrons. The van der Waals surface area contributed by atoms with Crippen LogP contribution < -0.4 is 15.8 Å². The number of anilines is 2. The number of rotatable bonds is 4. The molecule has 0 saturated heterocycles. The van der Waals surface area contributed by atoms with E-state index in [9.17, 15) is 14.0 Å². The minimum absolute atomic E-state index is 0.0350. The number of nitrogens with one attached hydrogen (secondary N) is 2. The predicted molar refractivity (Wildman–Crippen MR) is 102 cm³/mol. The van der Waals surface area contributed by atoms with Crippen molar-refractivity contribution < 1.29 is 14.3 Å². The molecule has 0 unspecified atom stereocenters. The first-order valence-electron chi connectivity index (χ1n) is 7.97. The molecule has 3 rings (SSSR count). The van der Waals surface area contributed by atoms with E-state index in [2.05, 4.69) is 15.3 Å². The van der Waals surface area contributed by atoms with Crippen LogP contribution in [0.4, 0.5) is 20.7 Å². The molecular weight excluding hydrogens is 375 g/mol. The van der Waals surface area contributed by atoms with Gasteiger partial charge < -0.3 is 15.4 Å². The van der Waals surface area contributed by atoms with Gasteiger partial charge in [-0.05, 0) is 31.2 Å². The Labute approximate surface area is 158 Å². The Morgan fingerprint density at radius 2 is 2.11 bits per heavy atom. The molecule has 2 aromatic heterocycles. The van der Waals surface area contributed by atoms with Crippen LogP contribution in [0.15, 0.2) is 41.3 Å². The molecule has 9 heteroatoms. The normalized spacial score (nSPS) is 12.0. The Kier molecular flexibility index (Phi) is 5.00. The van der Waals surface area contributed by atoms with E-state index >= 15 is 0 Å². The highest BCUT2D eigenvalue weighted by atomic mass is 35.5. The van der Waals surface area contributed by atoms with Gasteiger partial charge in [0.1, 0.15) is 11.6 Å². The van der Waals surface area contributed by atoms with E-state index in [4.69, 9.17) is 16.7 Å². The average molecular weight is 391 g/mol. The molecule has 0 fully saturated rings. The zero-order chi connectivity index (χ0) is 19.7. The molecule has 0 aliphatic heterocycles. The summed E-state index contributed by atoms with van der Waals surface area (Å²) in [5, 5.41) is 12.7. The molecule has 0 bridgehead atoms. The Balaban J connectivity index is 1.92. The molecule has 3 N–H and O–H groups in total. The number of carboxylic acid groups (broad SMARTS) is 1. The molecule has 0 radical (unpaired) electrons. The van der Waals surface area contributed by atoms with E-state index in [1.54, 1.807) is 25.1 Å². The number of H-pyrrole nitrogens is 1. The number of carbonyl (C=O) groups is 1. The maximum absolute atomic E-state index is 13.6. The van der Waals surface area contributed by atoms with Crippen molar-refractivity contribution in [2.45, 2.75) is 13.0 Å². The summed E-state index contributed by atoms with van der Waals surface area (Å²) in [4.78, 5) is 31.3. The third kappa shape index (κ3) is 3.85. The fraction of sp³-hybridized carbons (Fsp3) is 0.167. The molecule has 0 saturated carbocycles. The monoisotopic (exact) mass is 390 g/mol. The van der Waals surface area contributed by atoms with Gasteiger partial charge in [0.25, 0.3) is 5.56 Å². The van der Waals surface area contributed by atoms with Crippen molar-refractivity contribution in [1.82, 2.24) is 9.97 Å². The molecule has 0 aliphatic rings. The molecule has 1 atom stereocenters. The molecule has 2 heterocycles. The van der Waals surface area contributed by atoms with E-state index in [-0.39, 0.29) is 10.6 Å². The fourth-order valence-electron chi connectivity index (χ4n) is 2.66. The third-order valence-corrected chi connectivity index (χ3v) is 4.45. The van der Waals surface area contributed by atoms with Gasteiger partial charge in [-0.1, -0.05) is 11.6 Å². The van der Waals surface area contributed by atoms with Crippen molar-refractivity contribution in [1.29, 1.82) is 0 Å². The van der Waals surface area contributed by atoms with Gasteiger partial charge in [0.15, 0.2) is 0 Å². The van der Waals surface area contributed by atoms with Crippen LogP contribution in [0.2, 0.25) is 5.02 Å². The molecule has 1 aromatic carbocycles. The number of benzene rings is 1. The van der Waals surface area contributed by atoms with Crippen molar-refractivity contribution in [3.8, 4) is 0 Å². The zero-order valence-electron chi connectivity index (χ0n) is 14.5. The van der Waals surface area contributed by atoms with E-state index in [1.165, 1.54) is 25.4 Å². The Bertz CT molecular complexity index is 1090. The quantitative estimate of drug-likeness (QED) is 0.625. The van der Waals surface area contributed by atoms with Gasteiger partial charge in [-0.15, -0.1) is 0 Å². The average Bonchev–Trinajstić information content (AvgIpc) is 2.62. The first kappa shape index (κ1) is 18.7. The van der Waals surface area contributed by atoms with Gasteiger partial charge in [0, 0.05) is 30.3 Å². The number of halogens is 2. The second kappa shape index (κ2) is 7.24.